The first-order valence-electron chi connectivity index (χ1n) is 8.28. The van der Waals surface area contributed by atoms with Crippen molar-refractivity contribution in [2.24, 2.45) is 5.84 Å². The van der Waals surface area contributed by atoms with Crippen LogP contribution in [0.15, 0.2) is 86.0 Å². The third-order valence-corrected chi connectivity index (χ3v) is 3.99. The van der Waals surface area contributed by atoms with Crippen LogP contribution in [-0.2, 0) is 0 Å². The molecule has 0 saturated heterocycles. The first-order valence-corrected chi connectivity index (χ1v) is 8.28. The van der Waals surface area contributed by atoms with Crippen LogP contribution in [0.1, 0.15) is 11.3 Å². The molecule has 0 radical (unpaired) electrons. The first-order chi connectivity index (χ1) is 13.0. The minimum Gasteiger partial charge on any atom is -0.285 e. The number of hydrazine groups is 1. The van der Waals surface area contributed by atoms with Crippen molar-refractivity contribution in [3.8, 4) is 5.69 Å². The van der Waals surface area contributed by atoms with Gasteiger partial charge in [0.05, 0.1) is 29.5 Å². The zero-order valence-electron chi connectivity index (χ0n) is 15.0. The van der Waals surface area contributed by atoms with Gasteiger partial charge in [-0.15, -0.1) is 0 Å². The lowest BCUT2D eigenvalue weighted by Gasteiger charge is -2.14. The van der Waals surface area contributed by atoms with Crippen LogP contribution in [0, 0.1) is 12.7 Å². The predicted molar refractivity (Wildman–Crippen MR) is 106 cm³/mol. The number of benzene rings is 1. The Balaban J connectivity index is 1.79. The maximum absolute atomic E-state index is 13.5. The first kappa shape index (κ1) is 18.3. The van der Waals surface area contributed by atoms with E-state index in [1.807, 2.05) is 13.0 Å². The Labute approximate surface area is 157 Å². The van der Waals surface area contributed by atoms with E-state index in [0.29, 0.717) is 16.8 Å². The van der Waals surface area contributed by atoms with Gasteiger partial charge in [0.1, 0.15) is 5.82 Å². The highest BCUT2D eigenvalue weighted by molar-refractivity contribution is 5.78. The Hall–Kier alpha value is -3.51. The van der Waals surface area contributed by atoms with Crippen molar-refractivity contribution >= 4 is 11.3 Å². The number of allylic oxidation sites excluding steroid dienone is 3. The summed E-state index contributed by atoms with van der Waals surface area (Å²) in [5.41, 5.74) is 4.41. The molecule has 1 aromatic carbocycles. The van der Waals surface area contributed by atoms with Gasteiger partial charge in [-0.3, -0.25) is 9.99 Å². The van der Waals surface area contributed by atoms with E-state index in [1.165, 1.54) is 17.1 Å². The lowest BCUT2D eigenvalue weighted by atomic mass is 10.1. The summed E-state index contributed by atoms with van der Waals surface area (Å²) in [5, 5.41) is 5.72. The number of anilines is 1. The summed E-state index contributed by atoms with van der Waals surface area (Å²) in [4.78, 5) is 4.12. The van der Waals surface area contributed by atoms with E-state index < -0.39 is 0 Å². The van der Waals surface area contributed by atoms with Crippen LogP contribution in [0.4, 0.5) is 10.1 Å². The molecule has 3 aromatic rings. The molecule has 6 heteroatoms. The van der Waals surface area contributed by atoms with Gasteiger partial charge in [0.2, 0.25) is 0 Å². The predicted octanol–water partition coefficient (Wildman–Crippen LogP) is 4.18. The Morgan fingerprint density at radius 2 is 2.04 bits per heavy atom. The Morgan fingerprint density at radius 1 is 1.22 bits per heavy atom. The fourth-order valence-corrected chi connectivity index (χ4v) is 2.55. The number of halogens is 1. The molecule has 3 rings (SSSR count). The number of aromatic nitrogens is 3. The molecule has 0 saturated carbocycles. The van der Waals surface area contributed by atoms with Crippen LogP contribution >= 0.6 is 0 Å². The molecule has 5 nitrogen and oxygen atoms in total. The molecule has 27 heavy (non-hydrogen) atoms. The fraction of sp³-hybridized carbons (Fsp3) is 0.0476. The number of aryl methyl sites for hydroxylation is 1. The molecule has 0 spiro atoms. The number of nitrogens with two attached hydrogens (primary N) is 1. The van der Waals surface area contributed by atoms with E-state index in [-0.39, 0.29) is 5.82 Å². The molecule has 0 unspecified atom stereocenters. The van der Waals surface area contributed by atoms with Crippen LogP contribution in [0.5, 0.6) is 0 Å². The molecule has 136 valence electrons. The number of hydrogen-bond acceptors (Lipinski definition) is 4. The molecule has 0 aliphatic carbocycles. The van der Waals surface area contributed by atoms with Crippen molar-refractivity contribution in [2.75, 3.05) is 5.01 Å². The van der Waals surface area contributed by atoms with Gasteiger partial charge in [0, 0.05) is 12.4 Å². The molecule has 0 aliphatic rings. The van der Waals surface area contributed by atoms with Gasteiger partial charge in [-0.2, -0.15) is 5.10 Å². The molecular formula is C21H20FN5. The van der Waals surface area contributed by atoms with Gasteiger partial charge in [0.25, 0.3) is 0 Å². The molecule has 0 aliphatic heterocycles. The van der Waals surface area contributed by atoms with Crippen LogP contribution in [0.25, 0.3) is 11.3 Å². The molecule has 0 fully saturated rings. The monoisotopic (exact) mass is 361 g/mol. The maximum atomic E-state index is 13.5. The highest BCUT2D eigenvalue weighted by atomic mass is 19.1. The third kappa shape index (κ3) is 4.19. The van der Waals surface area contributed by atoms with Crippen molar-refractivity contribution in [1.82, 2.24) is 14.8 Å². The van der Waals surface area contributed by atoms with Gasteiger partial charge in [-0.1, -0.05) is 19.2 Å². The summed E-state index contributed by atoms with van der Waals surface area (Å²) in [6, 6.07) is 9.94. The second-order valence-corrected chi connectivity index (χ2v) is 6.06. The maximum Gasteiger partial charge on any atom is 0.125 e. The number of hydrogen-bond donors (Lipinski definition) is 1. The van der Waals surface area contributed by atoms with Crippen molar-refractivity contribution in [1.29, 1.82) is 0 Å². The van der Waals surface area contributed by atoms with Gasteiger partial charge in [-0.05, 0) is 60.0 Å². The van der Waals surface area contributed by atoms with E-state index in [1.54, 1.807) is 53.7 Å². The molecular weight excluding hydrogens is 341 g/mol. The average molecular weight is 361 g/mol. The third-order valence-electron chi connectivity index (χ3n) is 3.99. The largest absolute Gasteiger partial charge is 0.285 e. The SMILES string of the molecule is C=C(/C=C\N(N)c1cncc(C)c1)C(=C)c1ccnn1-c1cccc(F)c1. The summed E-state index contributed by atoms with van der Waals surface area (Å²) in [5.74, 6) is 5.72. The standard InChI is InChI=1S/C21H20FN5/c1-15-11-20(14-24-13-15)26(23)10-8-16(2)17(3)21-7-9-25-27(21)19-6-4-5-18(22)12-19/h4-14H,2-3,23H2,1H3/b10-8-. The van der Waals surface area contributed by atoms with Crippen molar-refractivity contribution in [3.05, 3.63) is 103 Å². The van der Waals surface area contributed by atoms with E-state index in [2.05, 4.69) is 23.2 Å². The van der Waals surface area contributed by atoms with Gasteiger partial charge in [0.15, 0.2) is 0 Å². The van der Waals surface area contributed by atoms with E-state index in [0.717, 1.165) is 16.9 Å². The molecule has 0 bridgehead atoms. The molecule has 2 aromatic heterocycles. The number of pyridine rings is 1. The lowest BCUT2D eigenvalue weighted by molar-refractivity contribution is 0.625. The van der Waals surface area contributed by atoms with Crippen molar-refractivity contribution < 1.29 is 4.39 Å². The van der Waals surface area contributed by atoms with Crippen LogP contribution < -0.4 is 10.9 Å². The van der Waals surface area contributed by atoms with Crippen LogP contribution in [-0.4, -0.2) is 14.8 Å². The summed E-state index contributed by atoms with van der Waals surface area (Å²) in [6.45, 7) is 10.1. The second-order valence-electron chi connectivity index (χ2n) is 6.06. The lowest BCUT2D eigenvalue weighted by Crippen LogP contribution is -2.24. The highest BCUT2D eigenvalue weighted by Crippen LogP contribution is 2.24. The normalized spacial score (nSPS) is 10.9. The fourth-order valence-electron chi connectivity index (χ4n) is 2.55. The van der Waals surface area contributed by atoms with E-state index in [4.69, 9.17) is 5.84 Å². The zero-order valence-corrected chi connectivity index (χ0v) is 15.0. The smallest absolute Gasteiger partial charge is 0.125 e. The summed E-state index contributed by atoms with van der Waals surface area (Å²) < 4.78 is 15.2. The van der Waals surface area contributed by atoms with Gasteiger partial charge < -0.3 is 0 Å². The highest BCUT2D eigenvalue weighted by Gasteiger charge is 2.10. The minimum atomic E-state index is -0.330. The second kappa shape index (κ2) is 7.80. The Morgan fingerprint density at radius 3 is 2.78 bits per heavy atom. The quantitative estimate of drug-likeness (QED) is 0.406. The minimum absolute atomic E-state index is 0.330. The Kier molecular flexibility index (Phi) is 5.28. The molecule has 0 amide bonds. The van der Waals surface area contributed by atoms with Crippen LogP contribution in [0.2, 0.25) is 0 Å². The summed E-state index contributed by atoms with van der Waals surface area (Å²) in [7, 11) is 0. The topological polar surface area (TPSA) is 60.0 Å². The van der Waals surface area contributed by atoms with Gasteiger partial charge in [-0.25, -0.2) is 14.9 Å². The Bertz CT molecular complexity index is 1020. The van der Waals surface area contributed by atoms with E-state index >= 15 is 0 Å². The molecule has 2 N–H and O–H groups in total. The average Bonchev–Trinajstić information content (AvgIpc) is 3.15. The van der Waals surface area contributed by atoms with E-state index in [9.17, 15) is 4.39 Å². The molecule has 0 atom stereocenters. The summed E-state index contributed by atoms with van der Waals surface area (Å²) >= 11 is 0. The van der Waals surface area contributed by atoms with Crippen molar-refractivity contribution in [3.63, 3.8) is 0 Å². The van der Waals surface area contributed by atoms with Crippen molar-refractivity contribution in [2.45, 2.75) is 6.92 Å². The van der Waals surface area contributed by atoms with Crippen LogP contribution in [0.3, 0.4) is 0 Å². The number of rotatable bonds is 6. The van der Waals surface area contributed by atoms with Gasteiger partial charge >= 0.3 is 0 Å². The molecule has 2 heterocycles. The number of nitrogens with zero attached hydrogens (tertiary/aromatic N) is 4. The zero-order chi connectivity index (χ0) is 19.4. The summed E-state index contributed by atoms with van der Waals surface area (Å²) in [6.07, 6.45) is 8.51.